The van der Waals surface area contributed by atoms with Crippen LogP contribution in [0, 0.1) is 0 Å². The summed E-state index contributed by atoms with van der Waals surface area (Å²) < 4.78 is 6.67. The van der Waals surface area contributed by atoms with Crippen LogP contribution < -0.4 is 15.4 Å². The van der Waals surface area contributed by atoms with Crippen molar-refractivity contribution in [3.8, 4) is 5.75 Å². The van der Waals surface area contributed by atoms with Gasteiger partial charge >= 0.3 is 6.03 Å². The summed E-state index contributed by atoms with van der Waals surface area (Å²) >= 11 is 9.59. The SMILES string of the molecule is O=C1NC(=O)C(=Cc2ccc(OCc3ccc(Br)cc3)c(Cl)c2)C(=O)N1. The standard InChI is InChI=1S/C18H12BrClN2O4/c19-12-4-1-10(2-5-12)9-26-15-6-3-11(8-14(15)20)7-13-16(23)21-18(25)22-17(13)24/h1-8H,9H2,(H2,21,22,23,24,25). The minimum atomic E-state index is -0.841. The number of urea groups is 1. The van der Waals surface area contributed by atoms with Crippen LogP contribution in [-0.2, 0) is 16.2 Å². The molecule has 8 heteroatoms. The average molecular weight is 436 g/mol. The third kappa shape index (κ3) is 4.30. The summed E-state index contributed by atoms with van der Waals surface area (Å²) in [4.78, 5) is 34.5. The van der Waals surface area contributed by atoms with Gasteiger partial charge in [0.2, 0.25) is 0 Å². The topological polar surface area (TPSA) is 84.5 Å². The molecule has 0 aromatic heterocycles. The van der Waals surface area contributed by atoms with Gasteiger partial charge in [0.15, 0.2) is 0 Å². The number of hydrogen-bond donors (Lipinski definition) is 2. The minimum Gasteiger partial charge on any atom is -0.487 e. The Labute approximate surface area is 162 Å². The van der Waals surface area contributed by atoms with Crippen molar-refractivity contribution in [3.63, 3.8) is 0 Å². The maximum absolute atomic E-state index is 11.7. The summed E-state index contributed by atoms with van der Waals surface area (Å²) in [5.74, 6) is -1.04. The first-order chi connectivity index (χ1) is 12.4. The number of carbonyl (C=O) groups is 3. The molecule has 0 unspecified atom stereocenters. The van der Waals surface area contributed by atoms with E-state index >= 15 is 0 Å². The highest BCUT2D eigenvalue weighted by atomic mass is 79.9. The molecule has 0 radical (unpaired) electrons. The second-order valence-corrected chi connectivity index (χ2v) is 6.72. The first-order valence-electron chi connectivity index (χ1n) is 7.47. The maximum Gasteiger partial charge on any atom is 0.328 e. The van der Waals surface area contributed by atoms with E-state index in [4.69, 9.17) is 16.3 Å². The summed E-state index contributed by atoms with van der Waals surface area (Å²) in [5, 5.41) is 4.36. The van der Waals surface area contributed by atoms with E-state index in [0.29, 0.717) is 22.9 Å². The normalized spacial score (nSPS) is 13.9. The number of ether oxygens (including phenoxy) is 1. The van der Waals surface area contributed by atoms with Gasteiger partial charge in [0.1, 0.15) is 17.9 Å². The first-order valence-corrected chi connectivity index (χ1v) is 8.64. The van der Waals surface area contributed by atoms with Crippen molar-refractivity contribution >= 4 is 51.5 Å². The summed E-state index contributed by atoms with van der Waals surface area (Å²) in [6.07, 6.45) is 1.35. The molecule has 0 saturated carbocycles. The van der Waals surface area contributed by atoms with Crippen LogP contribution in [0.3, 0.4) is 0 Å². The maximum atomic E-state index is 11.7. The average Bonchev–Trinajstić information content (AvgIpc) is 2.59. The number of amides is 4. The Kier molecular flexibility index (Phi) is 5.39. The smallest absolute Gasteiger partial charge is 0.328 e. The molecule has 0 spiro atoms. The van der Waals surface area contributed by atoms with Crippen LogP contribution in [0.1, 0.15) is 11.1 Å². The second kappa shape index (κ2) is 7.72. The molecule has 2 N–H and O–H groups in total. The number of carbonyl (C=O) groups excluding carboxylic acids is 3. The van der Waals surface area contributed by atoms with Crippen molar-refractivity contribution < 1.29 is 19.1 Å². The predicted molar refractivity (Wildman–Crippen MR) is 99.6 cm³/mol. The molecule has 1 saturated heterocycles. The molecule has 0 bridgehead atoms. The van der Waals surface area contributed by atoms with Gasteiger partial charge in [-0.05, 0) is 41.5 Å². The summed E-state index contributed by atoms with van der Waals surface area (Å²) in [5.41, 5.74) is 1.33. The molecule has 1 aliphatic heterocycles. The Morgan fingerprint density at radius 2 is 1.65 bits per heavy atom. The predicted octanol–water partition coefficient (Wildman–Crippen LogP) is 3.43. The number of benzene rings is 2. The van der Waals surface area contributed by atoms with E-state index in [1.807, 2.05) is 34.9 Å². The number of rotatable bonds is 4. The minimum absolute atomic E-state index is 0.177. The summed E-state index contributed by atoms with van der Waals surface area (Å²) in [6, 6.07) is 11.7. The Bertz CT molecular complexity index is 903. The van der Waals surface area contributed by atoms with Crippen LogP contribution in [0.25, 0.3) is 6.08 Å². The van der Waals surface area contributed by atoms with Gasteiger partial charge in [-0.3, -0.25) is 20.2 Å². The van der Waals surface area contributed by atoms with Gasteiger partial charge in [0.25, 0.3) is 11.8 Å². The fourth-order valence-corrected chi connectivity index (χ4v) is 2.75. The van der Waals surface area contributed by atoms with Gasteiger partial charge < -0.3 is 4.74 Å². The van der Waals surface area contributed by atoms with E-state index in [1.165, 1.54) is 6.08 Å². The highest BCUT2D eigenvalue weighted by Crippen LogP contribution is 2.27. The van der Waals surface area contributed by atoms with Crippen LogP contribution in [0.4, 0.5) is 4.79 Å². The quantitative estimate of drug-likeness (QED) is 0.569. The molecule has 4 amide bonds. The fraction of sp³-hybridized carbons (Fsp3) is 0.0556. The third-order valence-electron chi connectivity index (χ3n) is 3.52. The van der Waals surface area contributed by atoms with Crippen molar-refractivity contribution in [1.82, 2.24) is 10.6 Å². The molecule has 2 aromatic rings. The Morgan fingerprint density at radius 3 is 2.27 bits per heavy atom. The van der Waals surface area contributed by atoms with Gasteiger partial charge in [0.05, 0.1) is 5.02 Å². The van der Waals surface area contributed by atoms with Crippen LogP contribution in [0.15, 0.2) is 52.5 Å². The second-order valence-electron chi connectivity index (χ2n) is 5.40. The molecular formula is C18H12BrClN2O4. The number of nitrogens with one attached hydrogen (secondary N) is 2. The lowest BCUT2D eigenvalue weighted by Gasteiger charge is -2.14. The van der Waals surface area contributed by atoms with Gasteiger partial charge in [0, 0.05) is 4.47 Å². The number of imide groups is 2. The van der Waals surface area contributed by atoms with Crippen molar-refractivity contribution in [2.24, 2.45) is 0 Å². The Hall–Kier alpha value is -2.64. The molecular weight excluding hydrogens is 424 g/mol. The zero-order valence-corrected chi connectivity index (χ0v) is 15.6. The Balaban J connectivity index is 1.74. The molecule has 1 aliphatic rings. The van der Waals surface area contributed by atoms with E-state index in [0.717, 1.165) is 10.0 Å². The van der Waals surface area contributed by atoms with Crippen LogP contribution in [0.5, 0.6) is 5.75 Å². The van der Waals surface area contributed by atoms with Gasteiger partial charge in [-0.15, -0.1) is 0 Å². The van der Waals surface area contributed by atoms with Crippen LogP contribution >= 0.6 is 27.5 Å². The van der Waals surface area contributed by atoms with Gasteiger partial charge in [-0.1, -0.05) is 45.7 Å². The summed E-state index contributed by atoms with van der Waals surface area (Å²) in [6.45, 7) is 0.348. The zero-order chi connectivity index (χ0) is 18.7. The fourth-order valence-electron chi connectivity index (χ4n) is 2.24. The third-order valence-corrected chi connectivity index (χ3v) is 4.34. The van der Waals surface area contributed by atoms with E-state index in [2.05, 4.69) is 15.9 Å². The van der Waals surface area contributed by atoms with Crippen molar-refractivity contribution in [2.45, 2.75) is 6.61 Å². The molecule has 0 atom stereocenters. The van der Waals surface area contributed by atoms with Gasteiger partial charge in [-0.2, -0.15) is 0 Å². The number of barbiturate groups is 1. The van der Waals surface area contributed by atoms with E-state index in [-0.39, 0.29) is 5.57 Å². The molecule has 2 aromatic carbocycles. The molecule has 0 aliphatic carbocycles. The first kappa shape index (κ1) is 18.2. The highest BCUT2D eigenvalue weighted by Gasteiger charge is 2.27. The van der Waals surface area contributed by atoms with Crippen LogP contribution in [0.2, 0.25) is 5.02 Å². The lowest BCUT2D eigenvalue weighted by atomic mass is 10.1. The molecule has 26 heavy (non-hydrogen) atoms. The van der Waals surface area contributed by atoms with Crippen molar-refractivity contribution in [2.75, 3.05) is 0 Å². The largest absolute Gasteiger partial charge is 0.487 e. The molecule has 1 heterocycles. The highest BCUT2D eigenvalue weighted by molar-refractivity contribution is 9.10. The molecule has 1 fully saturated rings. The number of halogens is 2. The van der Waals surface area contributed by atoms with Crippen molar-refractivity contribution in [3.05, 3.63) is 68.7 Å². The lowest BCUT2D eigenvalue weighted by Crippen LogP contribution is -2.51. The summed E-state index contributed by atoms with van der Waals surface area (Å²) in [7, 11) is 0. The van der Waals surface area contributed by atoms with E-state index in [1.54, 1.807) is 18.2 Å². The zero-order valence-electron chi connectivity index (χ0n) is 13.2. The van der Waals surface area contributed by atoms with E-state index < -0.39 is 17.8 Å². The van der Waals surface area contributed by atoms with Gasteiger partial charge in [-0.25, -0.2) is 4.79 Å². The monoisotopic (exact) mass is 434 g/mol. The number of hydrogen-bond acceptors (Lipinski definition) is 4. The van der Waals surface area contributed by atoms with E-state index in [9.17, 15) is 14.4 Å². The molecule has 3 rings (SSSR count). The molecule has 6 nitrogen and oxygen atoms in total. The molecule has 132 valence electrons. The lowest BCUT2D eigenvalue weighted by molar-refractivity contribution is -0.123. The van der Waals surface area contributed by atoms with Crippen LogP contribution in [-0.4, -0.2) is 17.8 Å². The van der Waals surface area contributed by atoms with Crippen molar-refractivity contribution in [1.29, 1.82) is 0 Å². The Morgan fingerprint density at radius 1 is 1.00 bits per heavy atom.